The van der Waals surface area contributed by atoms with E-state index >= 15 is 0 Å². The Morgan fingerprint density at radius 3 is 2.23 bits per heavy atom. The maximum Gasteiger partial charge on any atom is 0.245 e. The van der Waals surface area contributed by atoms with Gasteiger partial charge in [0.2, 0.25) is 15.9 Å². The number of nitrogens with one attached hydrogen (secondary N) is 2. The molecular weight excluding hydrogens is 412 g/mol. The Balaban J connectivity index is 1.91. The molecule has 0 aliphatic heterocycles. The summed E-state index contributed by atoms with van der Waals surface area (Å²) in [6.45, 7) is 3.75. The average molecular weight is 439 g/mol. The maximum absolute atomic E-state index is 13.2. The van der Waals surface area contributed by atoms with Gasteiger partial charge in [0.25, 0.3) is 0 Å². The Morgan fingerprint density at radius 1 is 0.935 bits per heavy atom. The topological polar surface area (TPSA) is 84.5 Å². The Bertz CT molecular complexity index is 1140. The molecule has 0 radical (unpaired) electrons. The third-order valence-corrected chi connectivity index (χ3v) is 6.32. The third kappa shape index (κ3) is 5.93. The molecule has 0 saturated heterocycles. The molecule has 1 atom stereocenters. The van der Waals surface area contributed by atoms with Gasteiger partial charge in [-0.1, -0.05) is 54.1 Å². The lowest BCUT2D eigenvalue weighted by molar-refractivity contribution is -0.117. The molecule has 0 aliphatic rings. The van der Waals surface area contributed by atoms with Crippen molar-refractivity contribution in [2.75, 3.05) is 12.4 Å². The molecule has 0 aliphatic carbocycles. The number of sulfonamides is 1. The molecule has 3 rings (SSSR count). The van der Waals surface area contributed by atoms with Crippen molar-refractivity contribution in [1.82, 2.24) is 4.72 Å². The average Bonchev–Trinajstić information content (AvgIpc) is 2.75. The number of ether oxygens (including phenoxy) is 1. The monoisotopic (exact) mass is 438 g/mol. The molecule has 1 amide bonds. The molecule has 7 heteroatoms. The third-order valence-electron chi connectivity index (χ3n) is 4.82. The van der Waals surface area contributed by atoms with Crippen LogP contribution in [0, 0.1) is 13.8 Å². The van der Waals surface area contributed by atoms with Gasteiger partial charge in [-0.2, -0.15) is 4.72 Å². The number of carbonyl (C=O) groups is 1. The number of amides is 1. The number of aryl methyl sites for hydroxylation is 2. The minimum atomic E-state index is -4.02. The number of carbonyl (C=O) groups excluding carboxylic acids is 1. The normalized spacial score (nSPS) is 12.2. The quantitative estimate of drug-likeness (QED) is 0.560. The van der Waals surface area contributed by atoms with Gasteiger partial charge in [-0.3, -0.25) is 4.79 Å². The van der Waals surface area contributed by atoms with Crippen LogP contribution in [-0.2, 0) is 21.2 Å². The van der Waals surface area contributed by atoms with Crippen LogP contribution in [0.1, 0.15) is 16.7 Å². The van der Waals surface area contributed by atoms with Crippen molar-refractivity contribution in [3.63, 3.8) is 0 Å². The molecule has 2 N–H and O–H groups in total. The summed E-state index contributed by atoms with van der Waals surface area (Å²) in [5.41, 5.74) is 3.27. The molecule has 0 spiro atoms. The second-order valence-corrected chi connectivity index (χ2v) is 9.06. The highest BCUT2D eigenvalue weighted by Gasteiger charge is 2.28. The van der Waals surface area contributed by atoms with Crippen LogP contribution in [0.3, 0.4) is 0 Å². The van der Waals surface area contributed by atoms with Crippen LogP contribution in [0.15, 0.2) is 77.7 Å². The lowest BCUT2D eigenvalue weighted by Crippen LogP contribution is -2.45. The molecule has 3 aromatic rings. The fraction of sp³-hybridized carbons (Fsp3) is 0.208. The number of anilines is 1. The summed E-state index contributed by atoms with van der Waals surface area (Å²) >= 11 is 0. The van der Waals surface area contributed by atoms with E-state index in [2.05, 4.69) is 10.0 Å². The second-order valence-electron chi connectivity index (χ2n) is 7.37. The van der Waals surface area contributed by atoms with Gasteiger partial charge in [-0.15, -0.1) is 0 Å². The van der Waals surface area contributed by atoms with Gasteiger partial charge < -0.3 is 10.1 Å². The van der Waals surface area contributed by atoms with E-state index in [0.29, 0.717) is 5.69 Å². The van der Waals surface area contributed by atoms with Gasteiger partial charge in [0.1, 0.15) is 16.7 Å². The van der Waals surface area contributed by atoms with Crippen LogP contribution in [-0.4, -0.2) is 27.5 Å². The lowest BCUT2D eigenvalue weighted by atomic mass is 10.1. The predicted molar refractivity (Wildman–Crippen MR) is 122 cm³/mol. The Hall–Kier alpha value is -3.16. The van der Waals surface area contributed by atoms with Crippen LogP contribution < -0.4 is 14.8 Å². The molecule has 0 fully saturated rings. The number of hydrogen-bond donors (Lipinski definition) is 2. The van der Waals surface area contributed by atoms with Crippen molar-refractivity contribution in [2.45, 2.75) is 31.2 Å². The van der Waals surface area contributed by atoms with Gasteiger partial charge in [-0.25, -0.2) is 8.42 Å². The first-order valence-electron chi connectivity index (χ1n) is 9.87. The van der Waals surface area contributed by atoms with Gasteiger partial charge in [0.15, 0.2) is 0 Å². The van der Waals surface area contributed by atoms with E-state index in [4.69, 9.17) is 4.74 Å². The summed E-state index contributed by atoms with van der Waals surface area (Å²) in [6, 6.07) is 20.5. The zero-order valence-corrected chi connectivity index (χ0v) is 18.6. The number of hydrogen-bond acceptors (Lipinski definition) is 4. The van der Waals surface area contributed by atoms with Crippen molar-refractivity contribution >= 4 is 21.6 Å². The van der Waals surface area contributed by atoms with Crippen molar-refractivity contribution in [2.24, 2.45) is 0 Å². The largest absolute Gasteiger partial charge is 0.495 e. The first kappa shape index (κ1) is 22.5. The summed E-state index contributed by atoms with van der Waals surface area (Å²) in [7, 11) is -2.61. The van der Waals surface area contributed by atoms with E-state index in [1.807, 2.05) is 49.4 Å². The van der Waals surface area contributed by atoms with E-state index in [-0.39, 0.29) is 17.1 Å². The van der Waals surface area contributed by atoms with Gasteiger partial charge in [0, 0.05) is 5.69 Å². The maximum atomic E-state index is 13.2. The highest BCUT2D eigenvalue weighted by atomic mass is 32.2. The Morgan fingerprint density at radius 2 is 1.58 bits per heavy atom. The van der Waals surface area contributed by atoms with Crippen LogP contribution >= 0.6 is 0 Å². The highest BCUT2D eigenvalue weighted by molar-refractivity contribution is 7.89. The van der Waals surface area contributed by atoms with Crippen molar-refractivity contribution in [1.29, 1.82) is 0 Å². The van der Waals surface area contributed by atoms with Crippen LogP contribution in [0.4, 0.5) is 5.69 Å². The summed E-state index contributed by atoms with van der Waals surface area (Å²) in [6.07, 6.45) is 0.200. The zero-order chi connectivity index (χ0) is 22.4. The summed E-state index contributed by atoms with van der Waals surface area (Å²) < 4.78 is 34.2. The molecule has 0 heterocycles. The second kappa shape index (κ2) is 9.76. The summed E-state index contributed by atoms with van der Waals surface area (Å²) in [5.74, 6) is -0.224. The molecule has 6 nitrogen and oxygen atoms in total. The van der Waals surface area contributed by atoms with Crippen molar-refractivity contribution in [3.8, 4) is 5.75 Å². The predicted octanol–water partition coefficient (Wildman–Crippen LogP) is 3.84. The molecule has 31 heavy (non-hydrogen) atoms. The van der Waals surface area contributed by atoms with Crippen LogP contribution in [0.2, 0.25) is 0 Å². The van der Waals surface area contributed by atoms with Gasteiger partial charge in [0.05, 0.1) is 7.11 Å². The smallest absolute Gasteiger partial charge is 0.245 e. The molecule has 0 unspecified atom stereocenters. The van der Waals surface area contributed by atoms with Crippen molar-refractivity contribution < 1.29 is 17.9 Å². The lowest BCUT2D eigenvalue weighted by Gasteiger charge is -2.20. The summed E-state index contributed by atoms with van der Waals surface area (Å²) in [5, 5.41) is 2.81. The SMILES string of the molecule is COc1ccc(C)cc1S(=O)(=O)N[C@@H](Cc1ccccc1)C(=O)Nc1ccc(C)cc1. The number of rotatable bonds is 8. The van der Waals surface area contributed by atoms with Crippen molar-refractivity contribution in [3.05, 3.63) is 89.5 Å². The molecule has 0 aromatic heterocycles. The standard InChI is InChI=1S/C24H26N2O4S/c1-17-9-12-20(13-10-17)25-24(27)21(16-19-7-5-4-6-8-19)26-31(28,29)23-15-18(2)11-14-22(23)30-3/h4-15,21,26H,16H2,1-3H3,(H,25,27)/t21-/m0/s1. The highest BCUT2D eigenvalue weighted by Crippen LogP contribution is 2.25. The minimum absolute atomic E-state index is 0.00352. The number of methoxy groups -OCH3 is 1. The fourth-order valence-electron chi connectivity index (χ4n) is 3.15. The molecule has 3 aromatic carbocycles. The Kier molecular flexibility index (Phi) is 7.09. The van der Waals surface area contributed by atoms with E-state index < -0.39 is 22.0 Å². The van der Waals surface area contributed by atoms with E-state index in [1.54, 1.807) is 31.2 Å². The minimum Gasteiger partial charge on any atom is -0.495 e. The molecule has 0 saturated carbocycles. The zero-order valence-electron chi connectivity index (χ0n) is 17.8. The molecule has 0 bridgehead atoms. The van der Waals surface area contributed by atoms with Gasteiger partial charge >= 0.3 is 0 Å². The van der Waals surface area contributed by atoms with Gasteiger partial charge in [-0.05, 0) is 55.7 Å². The van der Waals surface area contributed by atoms with E-state index in [0.717, 1.165) is 16.7 Å². The van der Waals surface area contributed by atoms with Crippen LogP contribution in [0.5, 0.6) is 5.75 Å². The van der Waals surface area contributed by atoms with E-state index in [1.165, 1.54) is 13.2 Å². The van der Waals surface area contributed by atoms with Crippen LogP contribution in [0.25, 0.3) is 0 Å². The molecular formula is C24H26N2O4S. The molecule has 162 valence electrons. The number of benzene rings is 3. The van der Waals surface area contributed by atoms with E-state index in [9.17, 15) is 13.2 Å². The first-order chi connectivity index (χ1) is 14.8. The fourth-order valence-corrected chi connectivity index (χ4v) is 4.60. The first-order valence-corrected chi connectivity index (χ1v) is 11.4. The summed E-state index contributed by atoms with van der Waals surface area (Å²) in [4.78, 5) is 13.1. The Labute approximate surface area is 183 Å².